The van der Waals surface area contributed by atoms with Gasteiger partial charge in [0, 0.05) is 12.2 Å². The van der Waals surface area contributed by atoms with Crippen molar-refractivity contribution >= 4 is 36.3 Å². The zero-order chi connectivity index (χ0) is 22.1. The number of phenols is 1. The van der Waals surface area contributed by atoms with Crippen molar-refractivity contribution in [3.05, 3.63) is 29.8 Å². The van der Waals surface area contributed by atoms with E-state index in [2.05, 4.69) is 28.6 Å². The van der Waals surface area contributed by atoms with Crippen LogP contribution in [0, 0.1) is 0 Å². The smallest absolute Gasteiger partial charge is 0.325 e. The molecule has 0 fully saturated rings. The number of nitrogens with one attached hydrogen (secondary N) is 3. The van der Waals surface area contributed by atoms with E-state index in [-0.39, 0.29) is 17.9 Å². The van der Waals surface area contributed by atoms with Crippen LogP contribution in [0.1, 0.15) is 19.4 Å². The van der Waals surface area contributed by atoms with E-state index in [0.717, 1.165) is 0 Å². The van der Waals surface area contributed by atoms with Gasteiger partial charge in [-0.05, 0) is 31.5 Å². The van der Waals surface area contributed by atoms with Gasteiger partial charge >= 0.3 is 5.97 Å². The third kappa shape index (κ3) is 8.00. The maximum absolute atomic E-state index is 12.5. The highest BCUT2D eigenvalue weighted by Gasteiger charge is 2.27. The van der Waals surface area contributed by atoms with Gasteiger partial charge in [0.2, 0.25) is 17.7 Å². The Morgan fingerprint density at radius 2 is 1.52 bits per heavy atom. The lowest BCUT2D eigenvalue weighted by molar-refractivity contribution is -0.141. The van der Waals surface area contributed by atoms with Crippen molar-refractivity contribution in [1.29, 1.82) is 0 Å². The number of hydrogen-bond acceptors (Lipinski definition) is 7. The molecule has 0 saturated heterocycles. The summed E-state index contributed by atoms with van der Waals surface area (Å²) in [7, 11) is 0. The van der Waals surface area contributed by atoms with Crippen LogP contribution in [0.2, 0.25) is 0 Å². The van der Waals surface area contributed by atoms with Crippen LogP contribution >= 0.6 is 12.6 Å². The number of rotatable bonds is 10. The van der Waals surface area contributed by atoms with Crippen LogP contribution in [0.3, 0.4) is 0 Å². The Hall–Kier alpha value is -2.79. The maximum Gasteiger partial charge on any atom is 0.325 e. The molecule has 1 aromatic rings. The van der Waals surface area contributed by atoms with E-state index in [1.165, 1.54) is 26.0 Å². The van der Waals surface area contributed by atoms with Crippen LogP contribution in [0.25, 0.3) is 0 Å². The lowest BCUT2D eigenvalue weighted by Gasteiger charge is -2.23. The van der Waals surface area contributed by atoms with Gasteiger partial charge in [0.15, 0.2) is 0 Å². The molecule has 7 N–H and O–H groups in total. The number of amides is 3. The SMILES string of the molecule is CC(NC(=O)C(Cc1ccc(O)cc1)NC(=O)C(C)NC(=O)C(N)CS)C(=O)O. The minimum atomic E-state index is -1.23. The molecule has 0 aliphatic heterocycles. The second-order valence-electron chi connectivity index (χ2n) is 6.52. The molecule has 160 valence electrons. The van der Waals surface area contributed by atoms with Crippen LogP contribution in [0.5, 0.6) is 5.75 Å². The number of aliphatic carboxylic acids is 1. The quantitative estimate of drug-likeness (QED) is 0.230. The fourth-order valence-electron chi connectivity index (χ4n) is 2.22. The summed E-state index contributed by atoms with van der Waals surface area (Å²) in [6.45, 7) is 2.72. The van der Waals surface area contributed by atoms with Gasteiger partial charge in [-0.1, -0.05) is 12.1 Å². The molecule has 0 radical (unpaired) electrons. The molecule has 1 rings (SSSR count). The van der Waals surface area contributed by atoms with E-state index < -0.39 is 47.9 Å². The third-order valence-corrected chi connectivity index (χ3v) is 4.42. The summed E-state index contributed by atoms with van der Waals surface area (Å²) in [6.07, 6.45) is 0.0427. The first-order valence-electron chi connectivity index (χ1n) is 8.83. The van der Waals surface area contributed by atoms with E-state index in [4.69, 9.17) is 10.8 Å². The first-order chi connectivity index (χ1) is 13.5. The van der Waals surface area contributed by atoms with Crippen molar-refractivity contribution in [2.45, 2.75) is 44.4 Å². The number of carboxylic acid groups (broad SMARTS) is 1. The van der Waals surface area contributed by atoms with Gasteiger partial charge in [-0.2, -0.15) is 12.6 Å². The highest BCUT2D eigenvalue weighted by Crippen LogP contribution is 2.11. The summed E-state index contributed by atoms with van der Waals surface area (Å²) in [4.78, 5) is 47.8. The normalized spacial score (nSPS) is 14.8. The Kier molecular flexibility index (Phi) is 9.42. The average Bonchev–Trinajstić information content (AvgIpc) is 2.67. The van der Waals surface area contributed by atoms with Gasteiger partial charge < -0.3 is 31.9 Å². The summed E-state index contributed by atoms with van der Waals surface area (Å²) in [5.41, 5.74) is 6.18. The number of benzene rings is 1. The van der Waals surface area contributed by atoms with Crippen molar-refractivity contribution < 1.29 is 29.4 Å². The Labute approximate surface area is 173 Å². The van der Waals surface area contributed by atoms with Crippen molar-refractivity contribution in [2.24, 2.45) is 5.73 Å². The molecule has 0 bridgehead atoms. The monoisotopic (exact) mass is 426 g/mol. The molecule has 10 nitrogen and oxygen atoms in total. The molecule has 4 atom stereocenters. The summed E-state index contributed by atoms with van der Waals surface area (Å²) in [5.74, 6) is -3.01. The molecule has 0 aromatic heterocycles. The van der Waals surface area contributed by atoms with E-state index in [9.17, 15) is 24.3 Å². The molecule has 1 aromatic carbocycles. The number of phenolic OH excluding ortho intramolecular Hbond substituents is 1. The number of hydrogen-bond donors (Lipinski definition) is 7. The molecule has 0 spiro atoms. The molecule has 3 amide bonds. The standard InChI is InChI=1S/C18H26N4O6S/c1-9(20-16(25)13(19)8-29)15(24)22-14(17(26)21-10(2)18(27)28)7-11-3-5-12(23)6-4-11/h3-6,9-10,13-14,23,29H,7-8,19H2,1-2H3,(H,20,25)(H,21,26)(H,22,24)(H,27,28). The lowest BCUT2D eigenvalue weighted by Crippen LogP contribution is -2.56. The fraction of sp³-hybridized carbons (Fsp3) is 0.444. The topological polar surface area (TPSA) is 171 Å². The molecular formula is C18H26N4O6S. The first kappa shape index (κ1) is 24.2. The van der Waals surface area contributed by atoms with Gasteiger partial charge in [-0.15, -0.1) is 0 Å². The Morgan fingerprint density at radius 3 is 2.03 bits per heavy atom. The second kappa shape index (κ2) is 11.3. The summed E-state index contributed by atoms with van der Waals surface area (Å²) in [6, 6.07) is 1.85. The molecule has 0 aliphatic rings. The van der Waals surface area contributed by atoms with Crippen LogP contribution in [0.15, 0.2) is 24.3 Å². The Morgan fingerprint density at radius 1 is 0.966 bits per heavy atom. The molecule has 4 unspecified atom stereocenters. The average molecular weight is 426 g/mol. The van der Waals surface area contributed by atoms with Crippen molar-refractivity contribution in [1.82, 2.24) is 16.0 Å². The fourth-order valence-corrected chi connectivity index (χ4v) is 2.38. The number of nitrogens with two attached hydrogens (primary N) is 1. The van der Waals surface area contributed by atoms with Gasteiger partial charge in [-0.25, -0.2) is 0 Å². The largest absolute Gasteiger partial charge is 0.508 e. The predicted molar refractivity (Wildman–Crippen MR) is 108 cm³/mol. The number of carboxylic acids is 1. The molecule has 0 heterocycles. The number of thiol groups is 1. The van der Waals surface area contributed by atoms with Crippen molar-refractivity contribution in [3.63, 3.8) is 0 Å². The van der Waals surface area contributed by atoms with Crippen LogP contribution in [0.4, 0.5) is 0 Å². The van der Waals surface area contributed by atoms with Crippen LogP contribution in [-0.4, -0.2) is 63.8 Å². The van der Waals surface area contributed by atoms with E-state index >= 15 is 0 Å². The van der Waals surface area contributed by atoms with Crippen molar-refractivity contribution in [2.75, 3.05) is 5.75 Å². The molecule has 0 aliphatic carbocycles. The Bertz CT molecular complexity index is 742. The summed E-state index contributed by atoms with van der Waals surface area (Å²) < 4.78 is 0. The molecule has 29 heavy (non-hydrogen) atoms. The number of carbonyl (C=O) groups is 4. The molecule has 11 heteroatoms. The first-order valence-corrected chi connectivity index (χ1v) is 9.46. The van der Waals surface area contributed by atoms with E-state index in [1.807, 2.05) is 0 Å². The second-order valence-corrected chi connectivity index (χ2v) is 6.88. The number of carbonyl (C=O) groups excluding carboxylic acids is 3. The molecule has 0 saturated carbocycles. The molecular weight excluding hydrogens is 400 g/mol. The van der Waals surface area contributed by atoms with Gasteiger partial charge in [0.1, 0.15) is 23.9 Å². The lowest BCUT2D eigenvalue weighted by atomic mass is 10.0. The van der Waals surface area contributed by atoms with Gasteiger partial charge in [0.25, 0.3) is 0 Å². The van der Waals surface area contributed by atoms with Gasteiger partial charge in [0.05, 0.1) is 6.04 Å². The van der Waals surface area contributed by atoms with Crippen LogP contribution in [-0.2, 0) is 25.6 Å². The third-order valence-electron chi connectivity index (χ3n) is 4.02. The minimum absolute atomic E-state index is 0.0372. The number of aromatic hydroxyl groups is 1. The van der Waals surface area contributed by atoms with Crippen LogP contribution < -0.4 is 21.7 Å². The van der Waals surface area contributed by atoms with E-state index in [0.29, 0.717) is 5.56 Å². The zero-order valence-electron chi connectivity index (χ0n) is 16.1. The Balaban J connectivity index is 2.90. The summed E-state index contributed by atoms with van der Waals surface area (Å²) in [5, 5.41) is 25.6. The highest BCUT2D eigenvalue weighted by atomic mass is 32.1. The highest BCUT2D eigenvalue weighted by molar-refractivity contribution is 7.80. The van der Waals surface area contributed by atoms with E-state index in [1.54, 1.807) is 12.1 Å². The predicted octanol–water partition coefficient (Wildman–Crippen LogP) is -1.23. The zero-order valence-corrected chi connectivity index (χ0v) is 17.0. The van der Waals surface area contributed by atoms with Gasteiger partial charge in [-0.3, -0.25) is 19.2 Å². The van der Waals surface area contributed by atoms with Crippen molar-refractivity contribution in [3.8, 4) is 5.75 Å². The summed E-state index contributed by atoms with van der Waals surface area (Å²) >= 11 is 3.92. The maximum atomic E-state index is 12.5. The minimum Gasteiger partial charge on any atom is -0.508 e.